The molecule has 1 unspecified atom stereocenters. The molecule has 1 aliphatic carbocycles. The fraction of sp³-hybridized carbons (Fsp3) is 0.525. The minimum Gasteiger partial charge on any atom is -0.496 e. The zero-order valence-electron chi connectivity index (χ0n) is 31.2. The van der Waals surface area contributed by atoms with Crippen molar-refractivity contribution < 1.29 is 33.4 Å². The van der Waals surface area contributed by atoms with Crippen LogP contribution in [-0.4, -0.2) is 102 Å². The molecule has 286 valence electrons. The molecule has 2 aliphatic heterocycles. The van der Waals surface area contributed by atoms with Crippen LogP contribution in [0.5, 0.6) is 5.75 Å². The molecule has 3 fully saturated rings. The van der Waals surface area contributed by atoms with Gasteiger partial charge in [-0.3, -0.25) is 19.2 Å². The number of carbonyl (C=O) groups excluding carboxylic acids is 5. The summed E-state index contributed by atoms with van der Waals surface area (Å²) < 4.78 is 10.9. The Morgan fingerprint density at radius 1 is 0.926 bits per heavy atom. The van der Waals surface area contributed by atoms with Crippen molar-refractivity contribution >= 4 is 29.7 Å². The highest BCUT2D eigenvalue weighted by Gasteiger charge is 2.41. The second-order valence-electron chi connectivity index (χ2n) is 14.3. The minimum atomic E-state index is -1.21. The fourth-order valence-electron chi connectivity index (χ4n) is 7.59. The van der Waals surface area contributed by atoms with Crippen LogP contribution in [0.3, 0.4) is 0 Å². The zero-order chi connectivity index (χ0) is 38.8. The average Bonchev–Trinajstić information content (AvgIpc) is 3.88. The van der Waals surface area contributed by atoms with E-state index in [2.05, 4.69) is 22.8 Å². The molecule has 1 saturated carbocycles. The largest absolute Gasteiger partial charge is 0.496 e. The molecule has 2 aromatic rings. The number of amides is 5. The number of nitriles is 2. The van der Waals surface area contributed by atoms with Gasteiger partial charge in [0.05, 0.1) is 31.4 Å². The monoisotopic (exact) mass is 739 g/mol. The number of likely N-dealkylation sites (N-methyl/N-ethyl adjacent to an activating group) is 1. The van der Waals surface area contributed by atoms with Gasteiger partial charge in [0.15, 0.2) is 0 Å². The fourth-order valence-corrected chi connectivity index (χ4v) is 7.59. The van der Waals surface area contributed by atoms with Gasteiger partial charge in [0, 0.05) is 32.0 Å². The number of hydrogen-bond donors (Lipinski definition) is 2. The lowest BCUT2D eigenvalue weighted by molar-refractivity contribution is -0.146. The van der Waals surface area contributed by atoms with Crippen LogP contribution < -0.4 is 15.4 Å². The first-order chi connectivity index (χ1) is 26.1. The first-order valence-electron chi connectivity index (χ1n) is 18.7. The second kappa shape index (κ2) is 18.4. The van der Waals surface area contributed by atoms with Gasteiger partial charge in [0.25, 0.3) is 5.91 Å². The maximum atomic E-state index is 13.7. The Morgan fingerprint density at radius 3 is 2.33 bits per heavy atom. The van der Waals surface area contributed by atoms with Crippen LogP contribution in [0.15, 0.2) is 48.5 Å². The number of carbonyl (C=O) groups is 5. The van der Waals surface area contributed by atoms with Gasteiger partial charge in [-0.05, 0) is 62.3 Å². The van der Waals surface area contributed by atoms with Crippen molar-refractivity contribution in [3.63, 3.8) is 0 Å². The molecule has 14 nitrogen and oxygen atoms in total. The summed E-state index contributed by atoms with van der Waals surface area (Å²) in [5.74, 6) is -1.58. The Balaban J connectivity index is 1.26. The van der Waals surface area contributed by atoms with Gasteiger partial charge in [0.2, 0.25) is 17.7 Å². The number of hydrogen-bond acceptors (Lipinski definition) is 9. The molecule has 2 N–H and O–H groups in total. The Hall–Kier alpha value is -5.63. The number of ether oxygens (including phenoxy) is 2. The van der Waals surface area contributed by atoms with Crippen LogP contribution in [0.2, 0.25) is 0 Å². The molecule has 0 aromatic heterocycles. The molecule has 5 atom stereocenters. The summed E-state index contributed by atoms with van der Waals surface area (Å²) in [6, 6.07) is 15.2. The van der Waals surface area contributed by atoms with Crippen LogP contribution in [0.1, 0.15) is 85.7 Å². The number of rotatable bonds is 12. The van der Waals surface area contributed by atoms with Crippen molar-refractivity contribution in [1.29, 1.82) is 10.5 Å². The number of nitrogens with zero attached hydrogens (tertiary/aromatic N) is 5. The van der Waals surface area contributed by atoms with E-state index in [1.54, 1.807) is 44.3 Å². The van der Waals surface area contributed by atoms with Crippen molar-refractivity contribution in [1.82, 2.24) is 25.3 Å². The summed E-state index contributed by atoms with van der Waals surface area (Å²) in [6.45, 7) is 2.03. The normalized spacial score (nSPS) is 20.9. The van der Waals surface area contributed by atoms with Crippen LogP contribution in [0.4, 0.5) is 4.79 Å². The molecule has 14 heteroatoms. The third-order valence-corrected chi connectivity index (χ3v) is 10.9. The molecule has 5 rings (SSSR count). The summed E-state index contributed by atoms with van der Waals surface area (Å²) in [5.41, 5.74) is 1.66. The van der Waals surface area contributed by atoms with E-state index in [-0.39, 0.29) is 54.7 Å². The van der Waals surface area contributed by atoms with Crippen molar-refractivity contribution in [3.8, 4) is 17.9 Å². The van der Waals surface area contributed by atoms with Crippen molar-refractivity contribution in [2.45, 2.75) is 95.0 Å². The second-order valence-corrected chi connectivity index (χ2v) is 14.3. The third-order valence-electron chi connectivity index (χ3n) is 10.9. The Labute approximate surface area is 316 Å². The summed E-state index contributed by atoms with van der Waals surface area (Å²) >= 11 is 0. The molecule has 0 spiro atoms. The first-order valence-corrected chi connectivity index (χ1v) is 18.7. The maximum absolute atomic E-state index is 13.7. The van der Waals surface area contributed by atoms with E-state index in [4.69, 9.17) is 9.47 Å². The highest BCUT2D eigenvalue weighted by atomic mass is 16.5. The Morgan fingerprint density at radius 2 is 1.65 bits per heavy atom. The quantitative estimate of drug-likeness (QED) is 0.326. The lowest BCUT2D eigenvalue weighted by atomic mass is 9.88. The van der Waals surface area contributed by atoms with Crippen molar-refractivity contribution in [2.75, 3.05) is 33.8 Å². The third kappa shape index (κ3) is 9.29. The van der Waals surface area contributed by atoms with E-state index in [1.807, 2.05) is 18.2 Å². The van der Waals surface area contributed by atoms with E-state index in [0.717, 1.165) is 43.2 Å². The summed E-state index contributed by atoms with van der Waals surface area (Å²) in [5, 5.41) is 24.9. The predicted octanol–water partition coefficient (Wildman–Crippen LogP) is 3.87. The molecule has 3 aliphatic rings. The topological polar surface area (TPSA) is 185 Å². The van der Waals surface area contributed by atoms with Gasteiger partial charge in [-0.1, -0.05) is 55.7 Å². The molecule has 2 aromatic carbocycles. The number of alkyl carbamates (subject to hydrolysis) is 1. The summed E-state index contributed by atoms with van der Waals surface area (Å²) in [4.78, 5) is 71.3. The number of likely N-dealkylation sites (tertiary alicyclic amines) is 2. The van der Waals surface area contributed by atoms with E-state index in [9.17, 15) is 34.5 Å². The van der Waals surface area contributed by atoms with E-state index < -0.39 is 42.1 Å². The molecule has 5 amide bonds. The molecule has 2 heterocycles. The number of benzene rings is 2. The van der Waals surface area contributed by atoms with Gasteiger partial charge >= 0.3 is 6.09 Å². The summed E-state index contributed by atoms with van der Waals surface area (Å²) in [6.07, 6.45) is 5.51. The smallest absolute Gasteiger partial charge is 0.407 e. The number of methoxy groups -OCH3 is 1. The average molecular weight is 740 g/mol. The van der Waals surface area contributed by atoms with Crippen molar-refractivity contribution in [2.24, 2.45) is 5.92 Å². The van der Waals surface area contributed by atoms with Crippen LogP contribution in [0.25, 0.3) is 0 Å². The van der Waals surface area contributed by atoms with E-state index in [1.165, 1.54) is 21.8 Å². The molecule has 0 radical (unpaired) electrons. The zero-order valence-corrected chi connectivity index (χ0v) is 31.2. The van der Waals surface area contributed by atoms with Crippen LogP contribution in [0, 0.1) is 28.6 Å². The Bertz CT molecular complexity index is 1770. The van der Waals surface area contributed by atoms with Gasteiger partial charge in [-0.15, -0.1) is 0 Å². The van der Waals surface area contributed by atoms with Gasteiger partial charge in [0.1, 0.15) is 36.5 Å². The highest BCUT2D eigenvalue weighted by Crippen LogP contribution is 2.35. The number of nitrogens with one attached hydrogen (secondary N) is 2. The lowest BCUT2D eigenvalue weighted by Crippen LogP contribution is -2.54. The molecule has 2 saturated heterocycles. The van der Waals surface area contributed by atoms with Crippen LogP contribution >= 0.6 is 0 Å². The highest BCUT2D eigenvalue weighted by molar-refractivity contribution is 6.00. The SMILES string of the molecule is COc1cc(C2C[C@@H](C#N)N(C(=O)[C@H](C)N(C)C(=O)C3CCCCC3)C2)ccc1C(=O)N[C@@H](CNC(=O)OCc1ccccc1)C(=O)N1CCC[C@H]1C#N. The molecular weight excluding hydrogens is 690 g/mol. The predicted molar refractivity (Wildman–Crippen MR) is 197 cm³/mol. The Kier molecular flexibility index (Phi) is 13.5. The lowest BCUT2D eigenvalue weighted by Gasteiger charge is -2.33. The molecule has 0 bridgehead atoms. The minimum absolute atomic E-state index is 0.0159. The molecular formula is C40H49N7O7. The maximum Gasteiger partial charge on any atom is 0.407 e. The van der Waals surface area contributed by atoms with Gasteiger partial charge < -0.3 is 34.8 Å². The van der Waals surface area contributed by atoms with Crippen molar-refractivity contribution in [3.05, 3.63) is 65.2 Å². The van der Waals surface area contributed by atoms with Gasteiger partial charge in [-0.25, -0.2) is 4.79 Å². The standard InChI is InChI=1S/C40H49N7O7/c1-26(45(2)38(50)28-13-8-5-9-14-28)37(49)47-24-30(19-32(47)22-42)29-16-17-33(35(20-29)53-3)36(48)44-34(39(51)46-18-10-15-31(46)21-41)23-43-40(52)54-25-27-11-6-4-7-12-27/h4,6-7,11-12,16-17,20,26,28,30-32,34H,5,8-10,13-15,18-19,23-25H2,1-3H3,(H,43,52)(H,44,48)/t26-,30?,31-,32-,34-/m0/s1. The summed E-state index contributed by atoms with van der Waals surface area (Å²) in [7, 11) is 3.07. The first kappa shape index (κ1) is 39.6. The van der Waals surface area contributed by atoms with Crippen LogP contribution in [-0.2, 0) is 25.7 Å². The van der Waals surface area contributed by atoms with E-state index >= 15 is 0 Å². The van der Waals surface area contributed by atoms with Gasteiger partial charge in [-0.2, -0.15) is 10.5 Å². The van der Waals surface area contributed by atoms with E-state index in [0.29, 0.717) is 25.8 Å². The molecule has 54 heavy (non-hydrogen) atoms.